The molecule has 0 aliphatic heterocycles. The van der Waals surface area contributed by atoms with Crippen LogP contribution >= 0.6 is 0 Å². The molecule has 9 nitrogen and oxygen atoms in total. The van der Waals surface area contributed by atoms with Crippen molar-refractivity contribution in [3.05, 3.63) is 131 Å². The largest absolute Gasteiger partial charge is 0.462 e. The van der Waals surface area contributed by atoms with Crippen molar-refractivity contribution in [1.29, 1.82) is 0 Å². The third-order valence-corrected chi connectivity index (χ3v) is 7.41. The molecule has 0 spiro atoms. The van der Waals surface area contributed by atoms with Crippen molar-refractivity contribution in [2.24, 2.45) is 0 Å². The highest BCUT2D eigenvalue weighted by Crippen LogP contribution is 2.24. The fraction of sp³-hybridized carbons (Fsp3) is 0.154. The van der Waals surface area contributed by atoms with Crippen LogP contribution in [0.15, 0.2) is 109 Å². The number of ether oxygens (including phenoxy) is 4. The van der Waals surface area contributed by atoms with E-state index in [0.29, 0.717) is 29.5 Å². The van der Waals surface area contributed by atoms with Gasteiger partial charge in [-0.1, -0.05) is 55.1 Å². The number of carbonyl (C=O) groups excluding carboxylic acids is 5. The van der Waals surface area contributed by atoms with E-state index in [0.717, 1.165) is 39.6 Å². The minimum absolute atomic E-state index is 0.0938. The second kappa shape index (κ2) is 15.0. The Hall–Kier alpha value is -6.09. The van der Waals surface area contributed by atoms with Crippen LogP contribution in [0.1, 0.15) is 45.7 Å². The molecule has 5 rings (SSSR count). The molecule has 0 saturated heterocycles. The highest BCUT2D eigenvalue weighted by Gasteiger charge is 2.14. The number of esters is 4. The van der Waals surface area contributed by atoms with Gasteiger partial charge in [-0.25, -0.2) is 19.2 Å². The molecule has 0 aliphatic rings. The first-order valence-electron chi connectivity index (χ1n) is 15.2. The van der Waals surface area contributed by atoms with Crippen molar-refractivity contribution in [2.75, 3.05) is 13.2 Å². The van der Waals surface area contributed by atoms with Crippen LogP contribution < -0.4 is 9.47 Å². The molecule has 5 aromatic carbocycles. The van der Waals surface area contributed by atoms with E-state index in [1.165, 1.54) is 0 Å². The summed E-state index contributed by atoms with van der Waals surface area (Å²) in [5.74, 6) is -2.42. The quantitative estimate of drug-likeness (QED) is 0.0627. The second-order valence-corrected chi connectivity index (χ2v) is 11.2. The summed E-state index contributed by atoms with van der Waals surface area (Å²) >= 11 is 0. The maximum absolute atomic E-state index is 12.9. The molecule has 0 N–H and O–H groups in total. The predicted molar refractivity (Wildman–Crippen MR) is 179 cm³/mol. The van der Waals surface area contributed by atoms with Crippen LogP contribution in [-0.2, 0) is 36.7 Å². The van der Waals surface area contributed by atoms with E-state index < -0.39 is 29.7 Å². The summed E-state index contributed by atoms with van der Waals surface area (Å²) in [6.07, 6.45) is 1.01. The lowest BCUT2D eigenvalue weighted by molar-refractivity contribution is -0.152. The van der Waals surface area contributed by atoms with Crippen LogP contribution in [0.2, 0.25) is 0 Å². The summed E-state index contributed by atoms with van der Waals surface area (Å²) in [5.41, 5.74) is 3.00. The molecule has 0 bridgehead atoms. The number of rotatable bonds is 12. The van der Waals surface area contributed by atoms with Crippen molar-refractivity contribution in [2.45, 2.75) is 26.7 Å². The Kier molecular flexibility index (Phi) is 10.4. The highest BCUT2D eigenvalue weighted by atomic mass is 16.5. The second-order valence-electron chi connectivity index (χ2n) is 11.2. The number of ketones is 1. The van der Waals surface area contributed by atoms with E-state index in [1.807, 2.05) is 42.5 Å². The molecule has 5 aromatic rings. The van der Waals surface area contributed by atoms with E-state index >= 15 is 0 Å². The summed E-state index contributed by atoms with van der Waals surface area (Å²) < 4.78 is 21.2. The van der Waals surface area contributed by atoms with Gasteiger partial charge in [0.2, 0.25) is 5.78 Å². The van der Waals surface area contributed by atoms with Gasteiger partial charge in [0.1, 0.15) is 11.5 Å². The lowest BCUT2D eigenvalue weighted by Gasteiger charge is -2.09. The summed E-state index contributed by atoms with van der Waals surface area (Å²) in [5, 5.41) is 3.51. The Morgan fingerprint density at radius 2 is 0.917 bits per heavy atom. The van der Waals surface area contributed by atoms with Crippen LogP contribution in [0, 0.1) is 0 Å². The van der Waals surface area contributed by atoms with Crippen molar-refractivity contribution in [3.63, 3.8) is 0 Å². The average Bonchev–Trinajstić information content (AvgIpc) is 3.08. The molecule has 242 valence electrons. The number of hydrogen-bond acceptors (Lipinski definition) is 9. The molecule has 0 radical (unpaired) electrons. The predicted octanol–water partition coefficient (Wildman–Crippen LogP) is 6.77. The van der Waals surface area contributed by atoms with Gasteiger partial charge in [0.25, 0.3) is 0 Å². The first-order valence-corrected chi connectivity index (χ1v) is 15.2. The SMILES string of the molecule is C=C(C)C(=O)OCCc1ccc2cc(C(=O)Oc3ccc(OC(=O)c4ccc5cc(CCOC(=O)C(C)=O)ccc5c4)cc3)ccc2c1. The molecule has 9 heteroatoms. The van der Waals surface area contributed by atoms with Crippen LogP contribution in [0.3, 0.4) is 0 Å². The van der Waals surface area contributed by atoms with Gasteiger partial charge in [0.05, 0.1) is 24.3 Å². The lowest BCUT2D eigenvalue weighted by Crippen LogP contribution is -2.15. The number of fused-ring (bicyclic) bond motifs is 2. The van der Waals surface area contributed by atoms with Crippen LogP contribution in [0.5, 0.6) is 11.5 Å². The molecule has 0 aliphatic carbocycles. The van der Waals surface area contributed by atoms with Crippen LogP contribution in [-0.4, -0.2) is 42.9 Å². The maximum atomic E-state index is 12.9. The molecular weight excluding hydrogens is 612 g/mol. The van der Waals surface area contributed by atoms with Crippen molar-refractivity contribution in [3.8, 4) is 11.5 Å². The number of benzene rings is 5. The monoisotopic (exact) mass is 644 g/mol. The highest BCUT2D eigenvalue weighted by molar-refractivity contribution is 6.32. The van der Waals surface area contributed by atoms with E-state index in [4.69, 9.17) is 18.9 Å². The van der Waals surface area contributed by atoms with Gasteiger partial charge >= 0.3 is 23.9 Å². The topological polar surface area (TPSA) is 122 Å². The normalized spacial score (nSPS) is 10.7. The van der Waals surface area contributed by atoms with E-state index in [9.17, 15) is 24.0 Å². The maximum Gasteiger partial charge on any atom is 0.374 e. The van der Waals surface area contributed by atoms with E-state index in [1.54, 1.807) is 61.5 Å². The summed E-state index contributed by atoms with van der Waals surface area (Å²) in [4.78, 5) is 59.6. The zero-order valence-corrected chi connectivity index (χ0v) is 26.4. The zero-order valence-electron chi connectivity index (χ0n) is 26.4. The third kappa shape index (κ3) is 8.58. The summed E-state index contributed by atoms with van der Waals surface area (Å²) in [6.45, 7) is 6.68. The molecule has 0 amide bonds. The minimum atomic E-state index is -0.856. The first-order chi connectivity index (χ1) is 23.0. The summed E-state index contributed by atoms with van der Waals surface area (Å²) in [6, 6.07) is 28.1. The molecule has 48 heavy (non-hydrogen) atoms. The number of carbonyl (C=O) groups is 5. The van der Waals surface area contributed by atoms with Crippen molar-refractivity contribution >= 4 is 51.2 Å². The molecule has 0 fully saturated rings. The third-order valence-electron chi connectivity index (χ3n) is 7.41. The minimum Gasteiger partial charge on any atom is -0.462 e. The molecule has 0 saturated carbocycles. The molecule has 0 heterocycles. The number of Topliss-reactive ketones (excluding diaryl/α,β-unsaturated/α-hetero) is 1. The molecule has 0 unspecified atom stereocenters. The standard InChI is InChI=1S/C39H32O9/c1-24(2)36(41)45-18-16-26-4-6-30-22-32(10-8-28(30)20-26)38(43)47-34-12-14-35(15-13-34)48-39(44)33-11-9-29-21-27(5-7-31(29)23-33)17-19-46-37(42)25(3)40/h4-15,20-23H,1,16-19H2,2-3H3. The van der Waals surface area contributed by atoms with Crippen molar-refractivity contribution in [1.82, 2.24) is 0 Å². The fourth-order valence-electron chi connectivity index (χ4n) is 4.81. The van der Waals surface area contributed by atoms with Crippen LogP contribution in [0.25, 0.3) is 21.5 Å². The molecule has 0 aromatic heterocycles. The van der Waals surface area contributed by atoms with E-state index in [-0.39, 0.29) is 24.7 Å². The van der Waals surface area contributed by atoms with Crippen LogP contribution in [0.4, 0.5) is 0 Å². The Morgan fingerprint density at radius 1 is 0.521 bits per heavy atom. The average molecular weight is 645 g/mol. The smallest absolute Gasteiger partial charge is 0.374 e. The van der Waals surface area contributed by atoms with Gasteiger partial charge in [-0.2, -0.15) is 0 Å². The summed E-state index contributed by atoms with van der Waals surface area (Å²) in [7, 11) is 0. The van der Waals surface area contributed by atoms with Gasteiger partial charge < -0.3 is 18.9 Å². The van der Waals surface area contributed by atoms with Gasteiger partial charge in [-0.3, -0.25) is 4.79 Å². The molecular formula is C39H32O9. The van der Waals surface area contributed by atoms with Gasteiger partial charge in [-0.05, 0) is 88.1 Å². The zero-order chi connectivity index (χ0) is 34.2. The Balaban J connectivity index is 1.15. The van der Waals surface area contributed by atoms with Gasteiger partial charge in [0.15, 0.2) is 0 Å². The lowest BCUT2D eigenvalue weighted by atomic mass is 10.0. The van der Waals surface area contributed by atoms with Gasteiger partial charge in [0, 0.05) is 25.3 Å². The van der Waals surface area contributed by atoms with E-state index in [2.05, 4.69) is 6.58 Å². The molecule has 0 atom stereocenters. The van der Waals surface area contributed by atoms with Gasteiger partial charge in [-0.15, -0.1) is 0 Å². The Bertz CT molecular complexity index is 1910. The first kappa shape index (κ1) is 33.3. The number of hydrogen-bond donors (Lipinski definition) is 0. The Labute approximate surface area is 276 Å². The fourth-order valence-corrected chi connectivity index (χ4v) is 4.81. The van der Waals surface area contributed by atoms with Crippen molar-refractivity contribution < 1.29 is 42.9 Å². The Morgan fingerprint density at radius 3 is 1.33 bits per heavy atom.